The second kappa shape index (κ2) is 5.37. The fourth-order valence-electron chi connectivity index (χ4n) is 3.11. The van der Waals surface area contributed by atoms with Gasteiger partial charge in [-0.25, -0.2) is 4.99 Å². The van der Waals surface area contributed by atoms with Gasteiger partial charge in [-0.2, -0.15) is 0 Å². The minimum absolute atomic E-state index is 0.113. The molecule has 0 radical (unpaired) electrons. The van der Waals surface area contributed by atoms with Crippen LogP contribution in [0.3, 0.4) is 0 Å². The lowest BCUT2D eigenvalue weighted by molar-refractivity contribution is -0.130. The highest BCUT2D eigenvalue weighted by molar-refractivity contribution is 7.80. The molecule has 3 aliphatic rings. The van der Waals surface area contributed by atoms with Crippen LogP contribution < -0.4 is 0 Å². The first-order valence-corrected chi connectivity index (χ1v) is 7.48. The third kappa shape index (κ3) is 2.41. The Hall–Kier alpha value is -1.29. The molecule has 0 spiro atoms. The van der Waals surface area contributed by atoms with Gasteiger partial charge in [0.1, 0.15) is 0 Å². The van der Waals surface area contributed by atoms with E-state index in [0.717, 1.165) is 18.6 Å². The molecule has 0 aromatic carbocycles. The second-order valence-electron chi connectivity index (χ2n) is 5.39. The molecule has 3 nitrogen and oxygen atoms in total. The zero-order valence-corrected chi connectivity index (χ0v) is 11.7. The SMILES string of the molecule is O=C1C2C=CC=CC2=NC(=S)N1C1CCCCCC1. The highest BCUT2D eigenvalue weighted by atomic mass is 32.1. The van der Waals surface area contributed by atoms with E-state index in [1.807, 2.05) is 24.3 Å². The van der Waals surface area contributed by atoms with Crippen molar-refractivity contribution in [2.45, 2.75) is 44.6 Å². The number of aliphatic imine (C=N–C) groups is 1. The number of allylic oxidation sites excluding steroid dienone is 3. The summed E-state index contributed by atoms with van der Waals surface area (Å²) in [5.74, 6) is -0.109. The van der Waals surface area contributed by atoms with Crippen molar-refractivity contribution in [2.24, 2.45) is 10.9 Å². The van der Waals surface area contributed by atoms with Gasteiger partial charge in [-0.3, -0.25) is 9.69 Å². The summed E-state index contributed by atoms with van der Waals surface area (Å²) in [6.07, 6.45) is 14.7. The van der Waals surface area contributed by atoms with Gasteiger partial charge in [0.15, 0.2) is 0 Å². The summed E-state index contributed by atoms with van der Waals surface area (Å²) in [5.41, 5.74) is 0.794. The lowest BCUT2D eigenvalue weighted by Crippen LogP contribution is -2.50. The minimum Gasteiger partial charge on any atom is -0.284 e. The fraction of sp³-hybridized carbons (Fsp3) is 0.533. The van der Waals surface area contributed by atoms with Gasteiger partial charge in [-0.05, 0) is 31.1 Å². The number of amides is 1. The van der Waals surface area contributed by atoms with Crippen LogP contribution in [0.25, 0.3) is 0 Å². The fourth-order valence-corrected chi connectivity index (χ4v) is 3.45. The van der Waals surface area contributed by atoms with Gasteiger partial charge in [0, 0.05) is 6.04 Å². The molecule has 1 heterocycles. The molecule has 4 heteroatoms. The minimum atomic E-state index is -0.222. The number of rotatable bonds is 1. The van der Waals surface area contributed by atoms with Gasteiger partial charge < -0.3 is 0 Å². The maximum absolute atomic E-state index is 12.7. The van der Waals surface area contributed by atoms with E-state index < -0.39 is 0 Å². The maximum atomic E-state index is 12.7. The second-order valence-corrected chi connectivity index (χ2v) is 5.76. The highest BCUT2D eigenvalue weighted by Gasteiger charge is 2.37. The molecule has 1 saturated carbocycles. The summed E-state index contributed by atoms with van der Waals surface area (Å²) < 4.78 is 0. The van der Waals surface area contributed by atoms with E-state index in [1.54, 1.807) is 4.90 Å². The van der Waals surface area contributed by atoms with Crippen LogP contribution in [0, 0.1) is 5.92 Å². The predicted octanol–water partition coefficient (Wildman–Crippen LogP) is 3.02. The van der Waals surface area contributed by atoms with Crippen molar-refractivity contribution >= 4 is 28.9 Å². The molecule has 0 aromatic heterocycles. The van der Waals surface area contributed by atoms with Gasteiger partial charge >= 0.3 is 0 Å². The summed E-state index contributed by atoms with van der Waals surface area (Å²) in [6, 6.07) is 0.257. The van der Waals surface area contributed by atoms with Crippen LogP contribution in [0.15, 0.2) is 29.3 Å². The van der Waals surface area contributed by atoms with E-state index in [4.69, 9.17) is 12.2 Å². The molecule has 0 aromatic rings. The Morgan fingerprint density at radius 2 is 1.89 bits per heavy atom. The van der Waals surface area contributed by atoms with Crippen molar-refractivity contribution in [1.82, 2.24) is 4.90 Å². The van der Waals surface area contributed by atoms with E-state index >= 15 is 0 Å². The lowest BCUT2D eigenvalue weighted by Gasteiger charge is -2.35. The Morgan fingerprint density at radius 1 is 1.16 bits per heavy atom. The van der Waals surface area contributed by atoms with Crippen LogP contribution >= 0.6 is 12.2 Å². The average Bonchev–Trinajstić information content (AvgIpc) is 2.68. The summed E-state index contributed by atoms with van der Waals surface area (Å²) in [7, 11) is 0. The topological polar surface area (TPSA) is 32.7 Å². The van der Waals surface area contributed by atoms with Crippen LogP contribution in [0.1, 0.15) is 38.5 Å². The van der Waals surface area contributed by atoms with Crippen LogP contribution in [-0.4, -0.2) is 27.7 Å². The van der Waals surface area contributed by atoms with Crippen molar-refractivity contribution in [3.05, 3.63) is 24.3 Å². The third-order valence-electron chi connectivity index (χ3n) is 4.12. The molecule has 1 atom stereocenters. The zero-order valence-electron chi connectivity index (χ0n) is 10.9. The van der Waals surface area contributed by atoms with Gasteiger partial charge in [0.05, 0.1) is 11.6 Å². The smallest absolute Gasteiger partial charge is 0.242 e. The number of nitrogens with zero attached hydrogens (tertiary/aromatic N) is 2. The van der Waals surface area contributed by atoms with Gasteiger partial charge in [-0.15, -0.1) is 0 Å². The normalized spacial score (nSPS) is 28.1. The maximum Gasteiger partial charge on any atom is 0.242 e. The number of hydrogen-bond acceptors (Lipinski definition) is 2. The summed E-state index contributed by atoms with van der Waals surface area (Å²) in [5, 5.41) is 0.461. The van der Waals surface area contributed by atoms with E-state index in [-0.39, 0.29) is 17.9 Å². The van der Waals surface area contributed by atoms with Gasteiger partial charge in [0.2, 0.25) is 11.0 Å². The van der Waals surface area contributed by atoms with Crippen LogP contribution in [-0.2, 0) is 4.79 Å². The molecule has 1 amide bonds. The predicted molar refractivity (Wildman–Crippen MR) is 80.1 cm³/mol. The first-order valence-electron chi connectivity index (χ1n) is 7.08. The highest BCUT2D eigenvalue weighted by Crippen LogP contribution is 2.28. The molecule has 0 N–H and O–H groups in total. The lowest BCUT2D eigenvalue weighted by atomic mass is 9.94. The van der Waals surface area contributed by atoms with Crippen molar-refractivity contribution in [3.8, 4) is 0 Å². The average molecular weight is 274 g/mol. The number of carbonyl (C=O) groups excluding carboxylic acids is 1. The Labute approximate surface area is 119 Å². The van der Waals surface area contributed by atoms with Gasteiger partial charge in [-0.1, -0.05) is 43.9 Å². The monoisotopic (exact) mass is 274 g/mol. The van der Waals surface area contributed by atoms with Crippen LogP contribution in [0.2, 0.25) is 0 Å². The molecular formula is C15H18N2OS. The van der Waals surface area contributed by atoms with E-state index in [9.17, 15) is 4.79 Å². The molecule has 0 bridgehead atoms. The Balaban J connectivity index is 1.87. The molecule has 1 aliphatic heterocycles. The summed E-state index contributed by atoms with van der Waals surface area (Å²) in [4.78, 5) is 18.9. The first kappa shape index (κ1) is 12.7. The van der Waals surface area contributed by atoms with E-state index in [0.29, 0.717) is 5.11 Å². The van der Waals surface area contributed by atoms with Crippen molar-refractivity contribution < 1.29 is 4.79 Å². The molecule has 1 fully saturated rings. The largest absolute Gasteiger partial charge is 0.284 e. The molecular weight excluding hydrogens is 256 g/mol. The molecule has 1 unspecified atom stereocenters. The zero-order chi connectivity index (χ0) is 13.2. The van der Waals surface area contributed by atoms with Crippen molar-refractivity contribution in [3.63, 3.8) is 0 Å². The van der Waals surface area contributed by atoms with Crippen molar-refractivity contribution in [1.29, 1.82) is 0 Å². The Bertz CT molecular complexity index is 484. The van der Waals surface area contributed by atoms with Crippen molar-refractivity contribution in [2.75, 3.05) is 0 Å². The number of carbonyl (C=O) groups is 1. The van der Waals surface area contributed by atoms with Gasteiger partial charge in [0.25, 0.3) is 0 Å². The number of hydrogen-bond donors (Lipinski definition) is 0. The Kier molecular flexibility index (Phi) is 3.60. The number of thiocarbonyl (C=S) groups is 1. The molecule has 2 aliphatic carbocycles. The van der Waals surface area contributed by atoms with E-state index in [2.05, 4.69) is 4.99 Å². The molecule has 3 rings (SSSR count). The summed E-state index contributed by atoms with van der Waals surface area (Å²) >= 11 is 5.36. The third-order valence-corrected chi connectivity index (χ3v) is 4.41. The number of fused-ring (bicyclic) bond motifs is 1. The quantitative estimate of drug-likeness (QED) is 0.544. The summed E-state index contributed by atoms with van der Waals surface area (Å²) in [6.45, 7) is 0. The molecule has 0 saturated heterocycles. The Morgan fingerprint density at radius 3 is 2.63 bits per heavy atom. The van der Waals surface area contributed by atoms with Crippen LogP contribution in [0.5, 0.6) is 0 Å². The van der Waals surface area contributed by atoms with E-state index in [1.165, 1.54) is 25.7 Å². The first-order chi connectivity index (χ1) is 9.27. The molecule has 19 heavy (non-hydrogen) atoms. The van der Waals surface area contributed by atoms with Crippen LogP contribution in [0.4, 0.5) is 0 Å². The molecule has 100 valence electrons. The standard InChI is InChI=1S/C15H18N2OS/c18-14-12-9-5-6-10-13(12)16-15(19)17(14)11-7-3-1-2-4-8-11/h5-6,9-12H,1-4,7-8H2.